The second kappa shape index (κ2) is 4.99. The molecule has 90 valence electrons. The Bertz CT molecular complexity index is 579. The number of benzene rings is 1. The lowest BCUT2D eigenvalue weighted by Gasteiger charge is -2.14. The van der Waals surface area contributed by atoms with E-state index in [4.69, 9.17) is 5.14 Å². The number of rotatable bonds is 2. The number of carbonyl (C=O) groups is 1. The lowest BCUT2D eigenvalue weighted by Crippen LogP contribution is -2.24. The minimum absolute atomic E-state index is 0.00340. The highest BCUT2D eigenvalue weighted by Crippen LogP contribution is 2.15. The van der Waals surface area contributed by atoms with Crippen LogP contribution >= 0.6 is 0 Å². The molecule has 0 bridgehead atoms. The molecule has 0 aromatic heterocycles. The van der Waals surface area contributed by atoms with Gasteiger partial charge in [-0.15, -0.1) is 0 Å². The highest BCUT2D eigenvalue weighted by Gasteiger charge is 2.11. The third-order valence-electron chi connectivity index (χ3n) is 2.09. The summed E-state index contributed by atoms with van der Waals surface area (Å²) in [5.41, 5.74) is 0.546. The molecule has 0 heterocycles. The molecule has 0 fully saturated rings. The van der Waals surface area contributed by atoms with Crippen molar-refractivity contribution in [2.75, 3.05) is 11.9 Å². The molecule has 2 N–H and O–H groups in total. The number of amides is 1. The Morgan fingerprint density at radius 1 is 1.29 bits per heavy atom. The molecule has 6 heteroatoms. The van der Waals surface area contributed by atoms with Gasteiger partial charge in [0.1, 0.15) is 0 Å². The fraction of sp³-hybridized carbons (Fsp3) is 0.182. The zero-order valence-corrected chi connectivity index (χ0v) is 10.3. The van der Waals surface area contributed by atoms with Crippen molar-refractivity contribution in [2.45, 2.75) is 11.8 Å². The summed E-state index contributed by atoms with van der Waals surface area (Å²) in [6.45, 7) is 1.57. The van der Waals surface area contributed by atoms with E-state index in [0.29, 0.717) is 5.69 Å². The largest absolute Gasteiger partial charge is 0.305 e. The van der Waals surface area contributed by atoms with Crippen molar-refractivity contribution in [3.8, 4) is 11.8 Å². The maximum Gasteiger partial charge on any atom is 0.302 e. The molecule has 0 unspecified atom stereocenters. The Labute approximate surface area is 100 Å². The number of carbonyl (C=O) groups excluding carboxylic acids is 1. The van der Waals surface area contributed by atoms with Crippen LogP contribution in [-0.2, 0) is 14.8 Å². The Morgan fingerprint density at radius 3 is 2.24 bits per heavy atom. The smallest absolute Gasteiger partial charge is 0.302 e. The van der Waals surface area contributed by atoms with Crippen LogP contribution in [0.3, 0.4) is 0 Å². The van der Waals surface area contributed by atoms with Crippen molar-refractivity contribution in [2.24, 2.45) is 5.14 Å². The molecule has 0 aliphatic heterocycles. The summed E-state index contributed by atoms with van der Waals surface area (Å²) in [4.78, 5) is 12.8. The van der Waals surface area contributed by atoms with Crippen LogP contribution in [0.25, 0.3) is 0 Å². The predicted octanol–water partition coefficient (Wildman–Crippen LogP) is 0.320. The van der Waals surface area contributed by atoms with Crippen LogP contribution < -0.4 is 10.0 Å². The van der Waals surface area contributed by atoms with Crippen molar-refractivity contribution in [1.29, 1.82) is 0 Å². The summed E-state index contributed by atoms with van der Waals surface area (Å²) in [6.07, 6.45) is 0. The zero-order chi connectivity index (χ0) is 13.1. The van der Waals surface area contributed by atoms with E-state index in [1.54, 1.807) is 14.0 Å². The van der Waals surface area contributed by atoms with E-state index in [-0.39, 0.29) is 10.8 Å². The third kappa shape index (κ3) is 3.31. The Morgan fingerprint density at radius 2 is 1.82 bits per heavy atom. The molecule has 0 aliphatic carbocycles. The normalized spacial score (nSPS) is 10.3. The number of nitrogens with zero attached hydrogens (tertiary/aromatic N) is 1. The van der Waals surface area contributed by atoms with E-state index >= 15 is 0 Å². The summed E-state index contributed by atoms with van der Waals surface area (Å²) in [6, 6.07) is 5.67. The summed E-state index contributed by atoms with van der Waals surface area (Å²) in [5, 5.41) is 4.96. The molecular formula is C11H12N2O3S. The maximum atomic E-state index is 11.4. The second-order valence-corrected chi connectivity index (χ2v) is 4.84. The molecule has 17 heavy (non-hydrogen) atoms. The van der Waals surface area contributed by atoms with Crippen LogP contribution in [0.5, 0.6) is 0 Å². The summed E-state index contributed by atoms with van der Waals surface area (Å²) < 4.78 is 22.1. The van der Waals surface area contributed by atoms with Crippen molar-refractivity contribution in [3.63, 3.8) is 0 Å². The van der Waals surface area contributed by atoms with Crippen LogP contribution in [0.4, 0.5) is 5.69 Å². The van der Waals surface area contributed by atoms with Gasteiger partial charge < -0.3 is 4.90 Å². The highest BCUT2D eigenvalue weighted by molar-refractivity contribution is 7.89. The van der Waals surface area contributed by atoms with Gasteiger partial charge in [-0.05, 0) is 37.1 Å². The average molecular weight is 252 g/mol. The van der Waals surface area contributed by atoms with Crippen LogP contribution in [0.15, 0.2) is 29.2 Å². The summed E-state index contributed by atoms with van der Waals surface area (Å²) in [5.74, 6) is 4.51. The van der Waals surface area contributed by atoms with E-state index in [1.807, 2.05) is 0 Å². The first kappa shape index (κ1) is 13.2. The van der Waals surface area contributed by atoms with Gasteiger partial charge in [0.2, 0.25) is 10.0 Å². The minimum atomic E-state index is -3.71. The first-order chi connectivity index (χ1) is 7.86. The van der Waals surface area contributed by atoms with Crippen LogP contribution in [-0.4, -0.2) is 21.4 Å². The van der Waals surface area contributed by atoms with Gasteiger partial charge in [0.15, 0.2) is 0 Å². The van der Waals surface area contributed by atoms with Crippen molar-refractivity contribution in [3.05, 3.63) is 24.3 Å². The van der Waals surface area contributed by atoms with Gasteiger partial charge in [-0.2, -0.15) is 0 Å². The van der Waals surface area contributed by atoms with E-state index in [1.165, 1.54) is 29.2 Å². The fourth-order valence-corrected chi connectivity index (χ4v) is 1.68. The minimum Gasteiger partial charge on any atom is -0.305 e. The molecule has 5 nitrogen and oxygen atoms in total. The van der Waals surface area contributed by atoms with E-state index in [2.05, 4.69) is 11.8 Å². The maximum absolute atomic E-state index is 11.4. The molecule has 0 spiro atoms. The molecule has 0 saturated heterocycles. The van der Waals surface area contributed by atoms with Gasteiger partial charge >= 0.3 is 5.91 Å². The van der Waals surface area contributed by atoms with E-state index in [9.17, 15) is 13.2 Å². The lowest BCUT2D eigenvalue weighted by atomic mass is 10.3. The first-order valence-electron chi connectivity index (χ1n) is 4.69. The average Bonchev–Trinajstić information content (AvgIpc) is 2.27. The summed E-state index contributed by atoms with van der Waals surface area (Å²) in [7, 11) is -2.15. The van der Waals surface area contributed by atoms with E-state index < -0.39 is 10.0 Å². The number of nitrogens with two attached hydrogens (primary N) is 1. The molecule has 1 rings (SSSR count). The monoisotopic (exact) mass is 252 g/mol. The molecule has 0 saturated carbocycles. The molecular weight excluding hydrogens is 240 g/mol. The second-order valence-electron chi connectivity index (χ2n) is 3.28. The number of hydrogen-bond acceptors (Lipinski definition) is 3. The number of primary sulfonamides is 1. The quantitative estimate of drug-likeness (QED) is 0.770. The van der Waals surface area contributed by atoms with Crippen molar-refractivity contribution < 1.29 is 13.2 Å². The number of anilines is 1. The van der Waals surface area contributed by atoms with Gasteiger partial charge in [0.05, 0.1) is 4.90 Å². The molecule has 0 aliphatic rings. The zero-order valence-electron chi connectivity index (χ0n) is 9.47. The topological polar surface area (TPSA) is 80.5 Å². The van der Waals surface area contributed by atoms with Gasteiger partial charge in [-0.25, -0.2) is 13.6 Å². The van der Waals surface area contributed by atoms with E-state index in [0.717, 1.165) is 0 Å². The highest BCUT2D eigenvalue weighted by atomic mass is 32.2. The fourth-order valence-electron chi connectivity index (χ4n) is 1.17. The molecule has 1 aromatic carbocycles. The number of sulfonamides is 1. The molecule has 1 amide bonds. The standard InChI is InChI=1S/C11H12N2O3S/c1-3-4-11(14)13(2)9-5-7-10(8-6-9)17(12,15)16/h5-8H,1-2H3,(H2,12,15,16). The SMILES string of the molecule is CC#CC(=O)N(C)c1ccc(S(N)(=O)=O)cc1. The van der Waals surface area contributed by atoms with Gasteiger partial charge in [0.25, 0.3) is 0 Å². The predicted molar refractivity (Wildman–Crippen MR) is 64.7 cm³/mol. The van der Waals surface area contributed by atoms with Gasteiger partial charge in [0, 0.05) is 12.7 Å². The lowest BCUT2D eigenvalue weighted by molar-refractivity contribution is -0.113. The van der Waals surface area contributed by atoms with Crippen LogP contribution in [0.2, 0.25) is 0 Å². The van der Waals surface area contributed by atoms with Crippen molar-refractivity contribution in [1.82, 2.24) is 0 Å². The summed E-state index contributed by atoms with van der Waals surface area (Å²) >= 11 is 0. The Kier molecular flexibility index (Phi) is 3.89. The van der Waals surface area contributed by atoms with Crippen LogP contribution in [0, 0.1) is 11.8 Å². The molecule has 1 aromatic rings. The first-order valence-corrected chi connectivity index (χ1v) is 6.24. The van der Waals surface area contributed by atoms with Crippen molar-refractivity contribution >= 4 is 21.6 Å². The third-order valence-corrected chi connectivity index (χ3v) is 3.02. The molecule has 0 radical (unpaired) electrons. The number of hydrogen-bond donors (Lipinski definition) is 1. The Hall–Kier alpha value is -1.84. The van der Waals surface area contributed by atoms with Crippen LogP contribution in [0.1, 0.15) is 6.92 Å². The Balaban J connectivity index is 3.02. The van der Waals surface area contributed by atoms with Gasteiger partial charge in [-0.3, -0.25) is 4.79 Å². The molecule has 0 atom stereocenters. The van der Waals surface area contributed by atoms with Gasteiger partial charge in [-0.1, -0.05) is 5.92 Å².